The fourth-order valence-electron chi connectivity index (χ4n) is 2.82. The fraction of sp³-hybridized carbons (Fsp3) is 0.933. The van der Waals surface area contributed by atoms with Gasteiger partial charge >= 0.3 is 0 Å². The molecule has 0 spiro atoms. The van der Waals surface area contributed by atoms with Gasteiger partial charge in [0.05, 0.1) is 5.60 Å². The summed E-state index contributed by atoms with van der Waals surface area (Å²) in [5.74, 6) is 0.883. The van der Waals surface area contributed by atoms with Gasteiger partial charge in [0.25, 0.3) is 0 Å². The van der Waals surface area contributed by atoms with Gasteiger partial charge in [0.2, 0.25) is 0 Å². The quantitative estimate of drug-likeness (QED) is 0.544. The summed E-state index contributed by atoms with van der Waals surface area (Å²) in [5, 5.41) is 6.78. The number of guanidine groups is 1. The van der Waals surface area contributed by atoms with Gasteiger partial charge in [-0.3, -0.25) is 9.89 Å². The first kappa shape index (κ1) is 15.6. The third-order valence-electron chi connectivity index (χ3n) is 4.31. The van der Waals surface area contributed by atoms with Crippen molar-refractivity contribution < 1.29 is 4.74 Å². The Labute approximate surface area is 123 Å². The molecule has 2 rings (SSSR count). The molecule has 20 heavy (non-hydrogen) atoms. The van der Waals surface area contributed by atoms with Gasteiger partial charge in [-0.2, -0.15) is 0 Å². The maximum absolute atomic E-state index is 5.78. The van der Waals surface area contributed by atoms with Crippen molar-refractivity contribution in [2.24, 2.45) is 4.99 Å². The number of ether oxygens (including phenoxy) is 1. The fourth-order valence-corrected chi connectivity index (χ4v) is 2.82. The molecule has 2 aliphatic rings. The molecule has 5 nitrogen and oxygen atoms in total. The van der Waals surface area contributed by atoms with Crippen LogP contribution in [0.2, 0.25) is 0 Å². The number of rotatable bonds is 7. The number of likely N-dealkylation sites (N-methyl/N-ethyl adjacent to an activating group) is 1. The van der Waals surface area contributed by atoms with Crippen LogP contribution in [0.15, 0.2) is 4.99 Å². The monoisotopic (exact) mass is 282 g/mol. The molecule has 1 aliphatic carbocycles. The molecular formula is C15H30N4O. The minimum atomic E-state index is -0.0267. The Hall–Kier alpha value is -0.810. The third kappa shape index (κ3) is 4.63. The second-order valence-electron chi connectivity index (χ2n) is 6.11. The maximum Gasteiger partial charge on any atom is 0.191 e. The summed E-state index contributed by atoms with van der Waals surface area (Å²) in [7, 11) is 1.83. The third-order valence-corrected chi connectivity index (χ3v) is 4.31. The summed E-state index contributed by atoms with van der Waals surface area (Å²) in [6.45, 7) is 9.31. The second kappa shape index (κ2) is 7.27. The van der Waals surface area contributed by atoms with Crippen molar-refractivity contribution in [2.75, 3.05) is 39.8 Å². The number of nitrogens with one attached hydrogen (secondary N) is 2. The minimum absolute atomic E-state index is 0.0267. The Morgan fingerprint density at radius 1 is 1.40 bits per heavy atom. The average Bonchev–Trinajstić information content (AvgIpc) is 3.20. The van der Waals surface area contributed by atoms with Crippen molar-refractivity contribution >= 4 is 5.96 Å². The Morgan fingerprint density at radius 3 is 2.75 bits per heavy atom. The Bertz CT molecular complexity index is 322. The van der Waals surface area contributed by atoms with E-state index < -0.39 is 0 Å². The molecule has 0 aromatic carbocycles. The largest absolute Gasteiger partial charge is 0.373 e. The highest BCUT2D eigenvalue weighted by Gasteiger charge is 2.30. The lowest BCUT2D eigenvalue weighted by atomic mass is 10.0. The van der Waals surface area contributed by atoms with Crippen LogP contribution < -0.4 is 10.6 Å². The van der Waals surface area contributed by atoms with E-state index in [2.05, 4.69) is 34.4 Å². The summed E-state index contributed by atoms with van der Waals surface area (Å²) in [6, 6.07) is 0.836. The molecule has 0 aromatic rings. The standard InChI is InChI=1S/C15H30N4O/c1-4-19(13-6-7-13)10-9-17-14(16-3)18-12-15(2)8-5-11-20-15/h13H,4-12H2,1-3H3,(H2,16,17,18). The van der Waals surface area contributed by atoms with Crippen molar-refractivity contribution in [1.82, 2.24) is 15.5 Å². The number of nitrogens with zero attached hydrogens (tertiary/aromatic N) is 2. The van der Waals surface area contributed by atoms with Gasteiger partial charge in [0.15, 0.2) is 5.96 Å². The van der Waals surface area contributed by atoms with E-state index in [1.54, 1.807) is 0 Å². The van der Waals surface area contributed by atoms with Gasteiger partial charge in [-0.25, -0.2) is 0 Å². The van der Waals surface area contributed by atoms with Gasteiger partial charge in [-0.15, -0.1) is 0 Å². The predicted molar refractivity (Wildman–Crippen MR) is 83.2 cm³/mol. The molecule has 5 heteroatoms. The molecule has 0 bridgehead atoms. The molecule has 2 N–H and O–H groups in total. The van der Waals surface area contributed by atoms with Crippen LogP contribution in [0.4, 0.5) is 0 Å². The average molecular weight is 282 g/mol. The van der Waals surface area contributed by atoms with E-state index in [0.717, 1.165) is 57.6 Å². The van der Waals surface area contributed by atoms with Crippen molar-refractivity contribution in [3.63, 3.8) is 0 Å². The predicted octanol–water partition coefficient (Wildman–Crippen LogP) is 1.20. The summed E-state index contributed by atoms with van der Waals surface area (Å²) in [5.41, 5.74) is -0.0267. The summed E-state index contributed by atoms with van der Waals surface area (Å²) in [6.07, 6.45) is 5.03. The van der Waals surface area contributed by atoms with Crippen LogP contribution in [0.3, 0.4) is 0 Å². The van der Waals surface area contributed by atoms with Crippen LogP contribution in [0.5, 0.6) is 0 Å². The summed E-state index contributed by atoms with van der Waals surface area (Å²) >= 11 is 0. The highest BCUT2D eigenvalue weighted by molar-refractivity contribution is 5.79. The van der Waals surface area contributed by atoms with Crippen molar-refractivity contribution in [1.29, 1.82) is 0 Å². The topological polar surface area (TPSA) is 48.9 Å². The molecule has 1 unspecified atom stereocenters. The Balaban J connectivity index is 1.64. The van der Waals surface area contributed by atoms with Crippen molar-refractivity contribution in [3.05, 3.63) is 0 Å². The highest BCUT2D eigenvalue weighted by Crippen LogP contribution is 2.26. The summed E-state index contributed by atoms with van der Waals surface area (Å²) < 4.78 is 5.78. The number of hydrogen-bond donors (Lipinski definition) is 2. The van der Waals surface area contributed by atoms with E-state index in [4.69, 9.17) is 4.74 Å². The minimum Gasteiger partial charge on any atom is -0.373 e. The smallest absolute Gasteiger partial charge is 0.191 e. The normalized spacial score (nSPS) is 27.1. The van der Waals surface area contributed by atoms with E-state index in [1.807, 2.05) is 7.05 Å². The van der Waals surface area contributed by atoms with Gasteiger partial charge in [-0.05, 0) is 39.2 Å². The van der Waals surface area contributed by atoms with Gasteiger partial charge in [-0.1, -0.05) is 6.92 Å². The first-order valence-electron chi connectivity index (χ1n) is 7.99. The zero-order valence-corrected chi connectivity index (χ0v) is 13.2. The van der Waals surface area contributed by atoms with E-state index in [1.165, 1.54) is 12.8 Å². The molecule has 0 amide bonds. The van der Waals surface area contributed by atoms with Crippen LogP contribution in [0, 0.1) is 0 Å². The molecule has 0 aromatic heterocycles. The lowest BCUT2D eigenvalue weighted by Crippen LogP contribution is -2.47. The van der Waals surface area contributed by atoms with Crippen molar-refractivity contribution in [3.8, 4) is 0 Å². The van der Waals surface area contributed by atoms with E-state index in [9.17, 15) is 0 Å². The van der Waals surface area contributed by atoms with Gasteiger partial charge in [0, 0.05) is 39.3 Å². The molecule has 1 heterocycles. The van der Waals surface area contributed by atoms with E-state index in [0.29, 0.717) is 0 Å². The van der Waals surface area contributed by atoms with Crippen LogP contribution in [-0.2, 0) is 4.74 Å². The highest BCUT2D eigenvalue weighted by atomic mass is 16.5. The lowest BCUT2D eigenvalue weighted by molar-refractivity contribution is 0.0243. The SMILES string of the molecule is CCN(CCNC(=NC)NCC1(C)CCCO1)C1CC1. The van der Waals surface area contributed by atoms with Crippen molar-refractivity contribution in [2.45, 2.75) is 51.2 Å². The lowest BCUT2D eigenvalue weighted by Gasteiger charge is -2.25. The Morgan fingerprint density at radius 2 is 2.20 bits per heavy atom. The molecule has 1 saturated heterocycles. The van der Waals surface area contributed by atoms with E-state index >= 15 is 0 Å². The Kier molecular flexibility index (Phi) is 5.66. The zero-order valence-electron chi connectivity index (χ0n) is 13.2. The second-order valence-corrected chi connectivity index (χ2v) is 6.11. The zero-order chi connectivity index (χ0) is 14.4. The van der Waals surface area contributed by atoms with Crippen LogP contribution in [-0.4, -0.2) is 62.3 Å². The van der Waals surface area contributed by atoms with Gasteiger partial charge < -0.3 is 15.4 Å². The number of hydrogen-bond acceptors (Lipinski definition) is 3. The first-order valence-corrected chi connectivity index (χ1v) is 7.99. The van der Waals surface area contributed by atoms with Crippen LogP contribution >= 0.6 is 0 Å². The molecule has 116 valence electrons. The molecule has 2 fully saturated rings. The first-order chi connectivity index (χ1) is 9.67. The van der Waals surface area contributed by atoms with Crippen LogP contribution in [0.25, 0.3) is 0 Å². The van der Waals surface area contributed by atoms with E-state index in [-0.39, 0.29) is 5.60 Å². The molecule has 1 aliphatic heterocycles. The molecule has 1 saturated carbocycles. The molecule has 0 radical (unpaired) electrons. The number of aliphatic imine (C=N–C) groups is 1. The maximum atomic E-state index is 5.78. The molecule has 1 atom stereocenters. The molecular weight excluding hydrogens is 252 g/mol. The van der Waals surface area contributed by atoms with Crippen LogP contribution in [0.1, 0.15) is 39.5 Å². The van der Waals surface area contributed by atoms with Gasteiger partial charge in [0.1, 0.15) is 0 Å². The summed E-state index contributed by atoms with van der Waals surface area (Å²) in [4.78, 5) is 6.83.